The lowest BCUT2D eigenvalue weighted by atomic mass is 10.3. The average Bonchev–Trinajstić information content (AvgIpc) is 2.60. The van der Waals surface area contributed by atoms with E-state index in [4.69, 9.17) is 27.0 Å². The summed E-state index contributed by atoms with van der Waals surface area (Å²) < 4.78 is 23.9. The van der Waals surface area contributed by atoms with Crippen molar-refractivity contribution in [3.63, 3.8) is 0 Å². The van der Waals surface area contributed by atoms with Gasteiger partial charge in [-0.05, 0) is 36.5 Å². The fourth-order valence-corrected chi connectivity index (χ4v) is 3.25. The first-order valence-corrected chi connectivity index (χ1v) is 9.10. The first-order chi connectivity index (χ1) is 12.4. The number of carbonyl (C=O) groups is 2. The Morgan fingerprint density at radius 3 is 1.77 bits per heavy atom. The van der Waals surface area contributed by atoms with Crippen molar-refractivity contribution in [2.45, 2.75) is 0 Å². The van der Waals surface area contributed by atoms with Crippen molar-refractivity contribution in [1.29, 1.82) is 0 Å². The van der Waals surface area contributed by atoms with E-state index in [-0.39, 0.29) is 16.6 Å². The van der Waals surface area contributed by atoms with Gasteiger partial charge in [0.05, 0.1) is 0 Å². The predicted molar refractivity (Wildman–Crippen MR) is 98.0 cm³/mol. The zero-order valence-electron chi connectivity index (χ0n) is 13.2. The SMILES string of the molecule is NC(=O)C(=O)NNC(=S)NP(=O)(Oc1ccccc1)Oc1ccccc1. The lowest BCUT2D eigenvalue weighted by Gasteiger charge is -2.21. The summed E-state index contributed by atoms with van der Waals surface area (Å²) in [6.07, 6.45) is 0. The molecule has 0 aliphatic rings. The molecule has 2 amide bonds. The van der Waals surface area contributed by atoms with Gasteiger partial charge in [0.15, 0.2) is 5.11 Å². The minimum atomic E-state index is -4.02. The predicted octanol–water partition coefficient (Wildman–Crippen LogP) is 1.23. The Labute approximate surface area is 154 Å². The number of amides is 2. The maximum absolute atomic E-state index is 13.1. The molecule has 9 nitrogen and oxygen atoms in total. The van der Waals surface area contributed by atoms with Crippen LogP contribution in [-0.4, -0.2) is 16.9 Å². The highest BCUT2D eigenvalue weighted by Crippen LogP contribution is 2.44. The van der Waals surface area contributed by atoms with Gasteiger partial charge in [0.1, 0.15) is 11.5 Å². The minimum Gasteiger partial charge on any atom is -0.400 e. The molecule has 0 saturated carbocycles. The number of carbonyl (C=O) groups excluding carboxylic acids is 2. The van der Waals surface area contributed by atoms with E-state index in [1.54, 1.807) is 60.7 Å². The largest absolute Gasteiger partial charge is 0.543 e. The quantitative estimate of drug-likeness (QED) is 0.258. The number of rotatable bonds is 5. The van der Waals surface area contributed by atoms with Crippen LogP contribution < -0.4 is 30.7 Å². The second-order valence-corrected chi connectivity index (χ2v) is 6.68. The molecule has 0 fully saturated rings. The van der Waals surface area contributed by atoms with Gasteiger partial charge in [-0.2, -0.15) is 0 Å². The molecule has 0 aromatic heterocycles. The van der Waals surface area contributed by atoms with Gasteiger partial charge in [-0.25, -0.2) is 9.65 Å². The van der Waals surface area contributed by atoms with Crippen molar-refractivity contribution in [2.24, 2.45) is 5.73 Å². The van der Waals surface area contributed by atoms with Gasteiger partial charge in [0.2, 0.25) is 0 Å². The molecule has 2 aromatic rings. The molecule has 5 N–H and O–H groups in total. The maximum Gasteiger partial charge on any atom is 0.543 e. The minimum absolute atomic E-state index is 0.267. The standard InChI is InChI=1S/C15H15N4O5PS/c16-13(20)14(21)17-18-15(26)19-25(22,23-11-7-3-1-4-8-11)24-12-9-5-2-6-10-12/h1-10H,(H2,16,20)(H,17,21)(H2,18,19,22,26). The van der Waals surface area contributed by atoms with Crippen molar-refractivity contribution >= 4 is 36.9 Å². The molecule has 0 atom stereocenters. The van der Waals surface area contributed by atoms with E-state index in [0.29, 0.717) is 0 Å². The van der Waals surface area contributed by atoms with E-state index in [9.17, 15) is 14.2 Å². The molecule has 11 heteroatoms. The summed E-state index contributed by atoms with van der Waals surface area (Å²) in [6.45, 7) is 0. The third-order valence-electron chi connectivity index (χ3n) is 2.69. The van der Waals surface area contributed by atoms with Crippen LogP contribution in [0.2, 0.25) is 0 Å². The van der Waals surface area contributed by atoms with Crippen LogP contribution >= 0.6 is 20.0 Å². The molecule has 0 heterocycles. The lowest BCUT2D eigenvalue weighted by Crippen LogP contribution is -2.50. The van der Waals surface area contributed by atoms with Gasteiger partial charge in [-0.15, -0.1) is 0 Å². The van der Waals surface area contributed by atoms with Crippen LogP contribution in [0, 0.1) is 0 Å². The van der Waals surface area contributed by atoms with Crippen LogP contribution in [-0.2, 0) is 14.2 Å². The third-order valence-corrected chi connectivity index (χ3v) is 4.44. The monoisotopic (exact) mass is 394 g/mol. The normalized spacial score (nSPS) is 10.3. The first-order valence-electron chi connectivity index (χ1n) is 7.15. The van der Waals surface area contributed by atoms with Gasteiger partial charge in [-0.3, -0.25) is 20.4 Å². The number of para-hydroxylation sites is 2. The van der Waals surface area contributed by atoms with Gasteiger partial charge < -0.3 is 14.8 Å². The molecule has 0 aliphatic carbocycles. The van der Waals surface area contributed by atoms with E-state index < -0.39 is 19.6 Å². The molecule has 2 aromatic carbocycles. The molecule has 2 rings (SSSR count). The Morgan fingerprint density at radius 1 is 0.885 bits per heavy atom. The summed E-state index contributed by atoms with van der Waals surface area (Å²) in [6, 6.07) is 16.6. The molecule has 0 unspecified atom stereocenters. The van der Waals surface area contributed by atoms with Crippen molar-refractivity contribution in [3.05, 3.63) is 60.7 Å². The summed E-state index contributed by atoms with van der Waals surface area (Å²) in [7, 11) is -4.02. The Kier molecular flexibility index (Phi) is 6.54. The Balaban J connectivity index is 2.12. The number of benzene rings is 2. The van der Waals surface area contributed by atoms with E-state index in [1.807, 2.05) is 5.43 Å². The number of nitrogens with one attached hydrogen (secondary N) is 3. The van der Waals surface area contributed by atoms with Crippen LogP contribution in [0.15, 0.2) is 60.7 Å². The summed E-state index contributed by atoms with van der Waals surface area (Å²) in [5.41, 5.74) is 8.91. The molecule has 0 radical (unpaired) electrons. The Morgan fingerprint density at radius 2 is 1.35 bits per heavy atom. The van der Waals surface area contributed by atoms with Crippen LogP contribution in [0.1, 0.15) is 0 Å². The number of primary amides is 1. The average molecular weight is 394 g/mol. The molecule has 0 aliphatic heterocycles. The number of nitrogens with two attached hydrogens (primary N) is 1. The number of hydrogen-bond donors (Lipinski definition) is 4. The highest BCUT2D eigenvalue weighted by Gasteiger charge is 2.30. The van der Waals surface area contributed by atoms with E-state index in [2.05, 4.69) is 10.5 Å². The fraction of sp³-hybridized carbons (Fsp3) is 0. The summed E-state index contributed by atoms with van der Waals surface area (Å²) in [5, 5.41) is 2.04. The second-order valence-electron chi connectivity index (χ2n) is 4.69. The zero-order valence-corrected chi connectivity index (χ0v) is 15.0. The Hall–Kier alpha value is -3.10. The molecular formula is C15H15N4O5PS. The van der Waals surface area contributed by atoms with E-state index >= 15 is 0 Å². The van der Waals surface area contributed by atoms with E-state index in [0.717, 1.165) is 0 Å². The van der Waals surface area contributed by atoms with Crippen LogP contribution in [0.5, 0.6) is 11.5 Å². The zero-order chi connectivity index (χ0) is 19.0. The summed E-state index contributed by atoms with van der Waals surface area (Å²) in [5.74, 6) is -1.81. The molecule has 26 heavy (non-hydrogen) atoms. The van der Waals surface area contributed by atoms with Gasteiger partial charge in [0, 0.05) is 0 Å². The van der Waals surface area contributed by atoms with Crippen molar-refractivity contribution < 1.29 is 23.2 Å². The molecule has 0 spiro atoms. The van der Waals surface area contributed by atoms with Crippen LogP contribution in [0.4, 0.5) is 0 Å². The summed E-state index contributed by atoms with van der Waals surface area (Å²) in [4.78, 5) is 21.8. The van der Waals surface area contributed by atoms with Gasteiger partial charge in [0.25, 0.3) is 0 Å². The van der Waals surface area contributed by atoms with Crippen molar-refractivity contribution in [1.82, 2.24) is 15.9 Å². The molecular weight excluding hydrogens is 379 g/mol. The van der Waals surface area contributed by atoms with E-state index in [1.165, 1.54) is 0 Å². The first kappa shape index (κ1) is 19.2. The smallest absolute Gasteiger partial charge is 0.400 e. The maximum atomic E-state index is 13.1. The molecule has 136 valence electrons. The Bertz CT molecular complexity index is 789. The topological polar surface area (TPSA) is 132 Å². The van der Waals surface area contributed by atoms with Crippen LogP contribution in [0.25, 0.3) is 0 Å². The molecule has 0 saturated heterocycles. The second kappa shape index (κ2) is 8.84. The third kappa shape index (κ3) is 6.08. The number of hydrogen-bond acceptors (Lipinski definition) is 6. The number of hydrazine groups is 1. The van der Waals surface area contributed by atoms with Crippen molar-refractivity contribution in [3.8, 4) is 11.5 Å². The van der Waals surface area contributed by atoms with Crippen LogP contribution in [0.3, 0.4) is 0 Å². The van der Waals surface area contributed by atoms with Gasteiger partial charge >= 0.3 is 19.6 Å². The fourth-order valence-electron chi connectivity index (χ4n) is 1.63. The summed E-state index contributed by atoms with van der Waals surface area (Å²) >= 11 is 4.92. The molecule has 0 bridgehead atoms. The highest BCUT2D eigenvalue weighted by molar-refractivity contribution is 7.81. The van der Waals surface area contributed by atoms with Gasteiger partial charge in [-0.1, -0.05) is 36.4 Å². The van der Waals surface area contributed by atoms with Crippen molar-refractivity contribution in [2.75, 3.05) is 0 Å². The highest BCUT2D eigenvalue weighted by atomic mass is 32.1. The number of thiocarbonyl (C=S) groups is 1. The lowest BCUT2D eigenvalue weighted by molar-refractivity contribution is -0.137.